The third kappa shape index (κ3) is 3.20. The van der Waals surface area contributed by atoms with E-state index in [4.69, 9.17) is 9.92 Å². The summed E-state index contributed by atoms with van der Waals surface area (Å²) in [5.41, 5.74) is 6.06. The predicted molar refractivity (Wildman–Crippen MR) is 66.0 cm³/mol. The van der Waals surface area contributed by atoms with E-state index in [0.717, 1.165) is 25.7 Å². The van der Waals surface area contributed by atoms with Gasteiger partial charge >= 0.3 is 0 Å². The van der Waals surface area contributed by atoms with Gasteiger partial charge in [0, 0.05) is 5.69 Å². The van der Waals surface area contributed by atoms with E-state index < -0.39 is 10.1 Å². The van der Waals surface area contributed by atoms with E-state index in [2.05, 4.69) is 0 Å². The molecule has 1 aromatic carbocycles. The number of hydrogen-bond acceptors (Lipinski definition) is 4. The van der Waals surface area contributed by atoms with Crippen LogP contribution in [0.2, 0.25) is 0 Å². The lowest BCUT2D eigenvalue weighted by atomic mass is 9.98. The van der Waals surface area contributed by atoms with Crippen molar-refractivity contribution in [2.75, 3.05) is 5.73 Å². The normalized spacial score (nSPS) is 18.1. The maximum Gasteiger partial charge on any atom is 0.297 e. The minimum Gasteiger partial charge on any atom is -0.399 e. The van der Waals surface area contributed by atoms with Crippen LogP contribution >= 0.6 is 0 Å². The molecule has 0 atom stereocenters. The number of anilines is 1. The van der Waals surface area contributed by atoms with Gasteiger partial charge in [0.1, 0.15) is 0 Å². The van der Waals surface area contributed by atoms with Crippen LogP contribution in [0.3, 0.4) is 0 Å². The molecule has 5 heteroatoms. The van der Waals surface area contributed by atoms with Gasteiger partial charge in [-0.05, 0) is 37.1 Å². The van der Waals surface area contributed by atoms with E-state index in [1.165, 1.54) is 18.6 Å². The molecule has 1 aliphatic carbocycles. The average Bonchev–Trinajstić information content (AvgIpc) is 2.30. The molecule has 0 radical (unpaired) electrons. The first-order valence-electron chi connectivity index (χ1n) is 5.87. The van der Waals surface area contributed by atoms with E-state index in [0.29, 0.717) is 5.69 Å². The molecular weight excluding hydrogens is 238 g/mol. The van der Waals surface area contributed by atoms with Crippen molar-refractivity contribution in [3.05, 3.63) is 24.3 Å². The zero-order valence-corrected chi connectivity index (χ0v) is 10.4. The van der Waals surface area contributed by atoms with Gasteiger partial charge in [-0.3, -0.25) is 4.18 Å². The highest BCUT2D eigenvalue weighted by Gasteiger charge is 2.23. The molecule has 2 rings (SSSR count). The molecule has 1 fully saturated rings. The molecule has 17 heavy (non-hydrogen) atoms. The van der Waals surface area contributed by atoms with Crippen LogP contribution in [0.1, 0.15) is 32.1 Å². The molecular formula is C12H17NO3S. The number of hydrogen-bond donors (Lipinski definition) is 1. The van der Waals surface area contributed by atoms with Crippen molar-refractivity contribution in [1.82, 2.24) is 0 Å². The van der Waals surface area contributed by atoms with Gasteiger partial charge in [0.15, 0.2) is 0 Å². The molecule has 0 unspecified atom stereocenters. The summed E-state index contributed by atoms with van der Waals surface area (Å²) in [6.07, 6.45) is 4.75. The summed E-state index contributed by atoms with van der Waals surface area (Å²) < 4.78 is 29.1. The number of rotatable bonds is 3. The van der Waals surface area contributed by atoms with E-state index in [1.807, 2.05) is 0 Å². The van der Waals surface area contributed by atoms with Crippen molar-refractivity contribution in [1.29, 1.82) is 0 Å². The maximum absolute atomic E-state index is 11.9. The Bertz CT molecular complexity index is 461. The fraction of sp³-hybridized carbons (Fsp3) is 0.500. The Kier molecular flexibility index (Phi) is 3.69. The Morgan fingerprint density at radius 1 is 1.06 bits per heavy atom. The molecule has 0 amide bonds. The van der Waals surface area contributed by atoms with Crippen LogP contribution < -0.4 is 5.73 Å². The molecule has 0 bridgehead atoms. The number of nitrogen functional groups attached to an aromatic ring is 1. The van der Waals surface area contributed by atoms with Crippen LogP contribution in [0.5, 0.6) is 0 Å². The molecule has 2 N–H and O–H groups in total. The van der Waals surface area contributed by atoms with Gasteiger partial charge in [0.2, 0.25) is 0 Å². The number of nitrogens with two attached hydrogens (primary N) is 1. The topological polar surface area (TPSA) is 69.4 Å². The van der Waals surface area contributed by atoms with Crippen molar-refractivity contribution in [3.8, 4) is 0 Å². The van der Waals surface area contributed by atoms with Gasteiger partial charge in [0.25, 0.3) is 10.1 Å². The first-order valence-corrected chi connectivity index (χ1v) is 7.27. The Morgan fingerprint density at radius 2 is 1.65 bits per heavy atom. The van der Waals surface area contributed by atoms with Crippen LogP contribution in [0.4, 0.5) is 5.69 Å². The largest absolute Gasteiger partial charge is 0.399 e. The Balaban J connectivity index is 2.10. The van der Waals surface area contributed by atoms with Crippen LogP contribution in [0.25, 0.3) is 0 Å². The van der Waals surface area contributed by atoms with Crippen molar-refractivity contribution < 1.29 is 12.6 Å². The van der Waals surface area contributed by atoms with Crippen molar-refractivity contribution in [2.24, 2.45) is 0 Å². The molecule has 0 heterocycles. The highest BCUT2D eigenvalue weighted by molar-refractivity contribution is 7.86. The van der Waals surface area contributed by atoms with Gasteiger partial charge in [-0.25, -0.2) is 0 Å². The summed E-state index contributed by atoms with van der Waals surface area (Å²) in [6.45, 7) is 0. The summed E-state index contributed by atoms with van der Waals surface area (Å²) in [5.74, 6) is 0. The molecule has 0 aromatic heterocycles. The second kappa shape index (κ2) is 5.06. The lowest BCUT2D eigenvalue weighted by Gasteiger charge is -2.21. The lowest BCUT2D eigenvalue weighted by Crippen LogP contribution is -2.21. The summed E-state index contributed by atoms with van der Waals surface area (Å²) in [5, 5.41) is 0. The highest BCUT2D eigenvalue weighted by Crippen LogP contribution is 2.24. The molecule has 94 valence electrons. The summed E-state index contributed by atoms with van der Waals surface area (Å²) in [6, 6.07) is 6.09. The third-order valence-corrected chi connectivity index (χ3v) is 4.36. The van der Waals surface area contributed by atoms with Crippen LogP contribution in [0, 0.1) is 0 Å². The summed E-state index contributed by atoms with van der Waals surface area (Å²) in [7, 11) is -3.63. The van der Waals surface area contributed by atoms with E-state index in [9.17, 15) is 8.42 Å². The summed E-state index contributed by atoms with van der Waals surface area (Å²) in [4.78, 5) is 0.178. The van der Waals surface area contributed by atoms with Gasteiger partial charge < -0.3 is 5.73 Å². The SMILES string of the molecule is Nc1ccc(S(=O)(=O)OC2CCCCC2)cc1. The molecule has 0 aliphatic heterocycles. The molecule has 0 spiro atoms. The molecule has 1 aromatic rings. The van der Waals surface area contributed by atoms with Crippen molar-refractivity contribution in [2.45, 2.75) is 43.1 Å². The molecule has 1 aliphatic rings. The van der Waals surface area contributed by atoms with Crippen LogP contribution in [-0.4, -0.2) is 14.5 Å². The second-order valence-corrected chi connectivity index (χ2v) is 5.95. The van der Waals surface area contributed by atoms with E-state index in [1.54, 1.807) is 12.1 Å². The van der Waals surface area contributed by atoms with Crippen LogP contribution in [-0.2, 0) is 14.3 Å². The quantitative estimate of drug-likeness (QED) is 0.664. The average molecular weight is 255 g/mol. The molecule has 1 saturated carbocycles. The Morgan fingerprint density at radius 3 is 2.24 bits per heavy atom. The molecule has 0 saturated heterocycles. The minimum absolute atomic E-state index is 0.161. The minimum atomic E-state index is -3.63. The predicted octanol–water partition coefficient (Wildman–Crippen LogP) is 2.31. The maximum atomic E-state index is 11.9. The monoisotopic (exact) mass is 255 g/mol. The first kappa shape index (κ1) is 12.4. The van der Waals surface area contributed by atoms with Crippen molar-refractivity contribution >= 4 is 15.8 Å². The third-order valence-electron chi connectivity index (χ3n) is 2.98. The van der Waals surface area contributed by atoms with Crippen LogP contribution in [0.15, 0.2) is 29.2 Å². The second-order valence-electron chi connectivity index (χ2n) is 4.38. The lowest BCUT2D eigenvalue weighted by molar-refractivity contribution is 0.162. The van der Waals surface area contributed by atoms with Gasteiger partial charge in [-0.15, -0.1) is 0 Å². The summed E-state index contributed by atoms with van der Waals surface area (Å²) >= 11 is 0. The zero-order chi connectivity index (χ0) is 12.3. The van der Waals surface area contributed by atoms with E-state index >= 15 is 0 Å². The van der Waals surface area contributed by atoms with Gasteiger partial charge in [-0.2, -0.15) is 8.42 Å². The van der Waals surface area contributed by atoms with E-state index in [-0.39, 0.29) is 11.0 Å². The Labute approximate surface area is 102 Å². The van der Waals surface area contributed by atoms with Gasteiger partial charge in [0.05, 0.1) is 11.0 Å². The highest BCUT2D eigenvalue weighted by atomic mass is 32.2. The Hall–Kier alpha value is -1.07. The fourth-order valence-corrected chi connectivity index (χ4v) is 3.16. The van der Waals surface area contributed by atoms with Crippen molar-refractivity contribution in [3.63, 3.8) is 0 Å². The smallest absolute Gasteiger partial charge is 0.297 e. The van der Waals surface area contributed by atoms with Gasteiger partial charge in [-0.1, -0.05) is 19.3 Å². The fourth-order valence-electron chi connectivity index (χ4n) is 2.03. The molecule has 4 nitrogen and oxygen atoms in total. The first-order chi connectivity index (χ1) is 8.08. The number of benzene rings is 1. The standard InChI is InChI=1S/C12H17NO3S/c13-10-6-8-12(9-7-10)17(14,15)16-11-4-2-1-3-5-11/h6-9,11H,1-5,13H2. The zero-order valence-electron chi connectivity index (χ0n) is 9.63.